The monoisotopic (exact) mass is 363 g/mol. The van der Waals surface area contributed by atoms with Gasteiger partial charge in [0.05, 0.1) is 18.7 Å². The summed E-state index contributed by atoms with van der Waals surface area (Å²) in [6, 6.07) is 7.35. The highest BCUT2D eigenvalue weighted by Gasteiger charge is 2.50. The number of halogens is 2. The van der Waals surface area contributed by atoms with Crippen LogP contribution in [0.5, 0.6) is 0 Å². The first-order valence-corrected chi connectivity index (χ1v) is 9.05. The van der Waals surface area contributed by atoms with E-state index in [1.165, 1.54) is 0 Å². The molecule has 2 saturated heterocycles. The van der Waals surface area contributed by atoms with Gasteiger partial charge >= 0.3 is 0 Å². The van der Waals surface area contributed by atoms with Crippen molar-refractivity contribution in [2.75, 3.05) is 32.8 Å². The molecule has 2 aliphatic heterocycles. The van der Waals surface area contributed by atoms with E-state index >= 15 is 0 Å². The molecule has 0 spiro atoms. The van der Waals surface area contributed by atoms with E-state index in [1.54, 1.807) is 11.1 Å². The highest BCUT2D eigenvalue weighted by atomic mass is 19.3. The van der Waals surface area contributed by atoms with E-state index in [0.717, 1.165) is 10.9 Å². The zero-order chi connectivity index (χ0) is 18.3. The van der Waals surface area contributed by atoms with Gasteiger partial charge in [-0.3, -0.25) is 9.69 Å². The summed E-state index contributed by atoms with van der Waals surface area (Å²) in [5.41, 5.74) is 1.56. The molecule has 7 heteroatoms. The van der Waals surface area contributed by atoms with E-state index in [4.69, 9.17) is 4.74 Å². The van der Waals surface area contributed by atoms with Gasteiger partial charge in [-0.05, 0) is 13.0 Å². The minimum absolute atomic E-state index is 0.0250. The molecule has 2 aromatic rings. The van der Waals surface area contributed by atoms with E-state index < -0.39 is 5.92 Å². The van der Waals surface area contributed by atoms with Crippen molar-refractivity contribution in [2.24, 2.45) is 0 Å². The lowest BCUT2D eigenvalue weighted by Crippen LogP contribution is -2.62. The van der Waals surface area contributed by atoms with Gasteiger partial charge in [0.2, 0.25) is 0 Å². The number of H-pyrrole nitrogens is 1. The molecule has 3 heterocycles. The number of fused-ring (bicyclic) bond motifs is 1. The Morgan fingerprint density at radius 3 is 2.88 bits per heavy atom. The molecule has 0 saturated carbocycles. The average Bonchev–Trinajstić information content (AvgIpc) is 3.12. The lowest BCUT2D eigenvalue weighted by atomic mass is 10.0. The minimum atomic E-state index is -2.68. The number of hydrogen-bond donors (Lipinski definition) is 1. The number of aromatic nitrogens is 1. The molecule has 2 fully saturated rings. The van der Waals surface area contributed by atoms with E-state index in [9.17, 15) is 13.6 Å². The molecule has 0 bridgehead atoms. The van der Waals surface area contributed by atoms with E-state index in [-0.39, 0.29) is 31.0 Å². The molecule has 1 amide bonds. The molecule has 26 heavy (non-hydrogen) atoms. The Hall–Kier alpha value is -1.99. The minimum Gasteiger partial charge on any atom is -0.380 e. The molecule has 1 N–H and O–H groups in total. The third-order valence-corrected chi connectivity index (χ3v) is 5.37. The second-order valence-corrected chi connectivity index (χ2v) is 7.16. The van der Waals surface area contributed by atoms with Crippen LogP contribution in [0.3, 0.4) is 0 Å². The Morgan fingerprint density at radius 1 is 1.35 bits per heavy atom. The molecule has 5 nitrogen and oxygen atoms in total. The Morgan fingerprint density at radius 2 is 2.12 bits per heavy atom. The number of carbonyl (C=O) groups excluding carboxylic acids is 1. The molecule has 1 atom stereocenters. The van der Waals surface area contributed by atoms with Gasteiger partial charge in [0, 0.05) is 55.3 Å². The Kier molecular flexibility index (Phi) is 4.44. The van der Waals surface area contributed by atoms with Crippen LogP contribution in [-0.2, 0) is 4.74 Å². The summed E-state index contributed by atoms with van der Waals surface area (Å²) in [4.78, 5) is 19.4. The van der Waals surface area contributed by atoms with Crippen LogP contribution in [0.25, 0.3) is 10.9 Å². The predicted octanol–water partition coefficient (Wildman–Crippen LogP) is 2.74. The van der Waals surface area contributed by atoms with Crippen molar-refractivity contribution in [3.05, 3.63) is 36.0 Å². The highest BCUT2D eigenvalue weighted by molar-refractivity contribution is 6.07. The second kappa shape index (κ2) is 6.63. The topological polar surface area (TPSA) is 48.6 Å². The van der Waals surface area contributed by atoms with Crippen LogP contribution in [-0.4, -0.2) is 71.5 Å². The number of nitrogens with zero attached hydrogens (tertiary/aromatic N) is 2. The zero-order valence-corrected chi connectivity index (χ0v) is 14.8. The molecule has 2 aliphatic rings. The molecular weight excluding hydrogens is 340 g/mol. The Balaban J connectivity index is 1.42. The van der Waals surface area contributed by atoms with Gasteiger partial charge in [-0.15, -0.1) is 0 Å². The third kappa shape index (κ3) is 3.10. The number of alkyl halides is 2. The van der Waals surface area contributed by atoms with Crippen LogP contribution in [0.1, 0.15) is 23.7 Å². The van der Waals surface area contributed by atoms with Gasteiger partial charge in [-0.2, -0.15) is 0 Å². The number of aromatic amines is 1. The van der Waals surface area contributed by atoms with Crippen LogP contribution in [0, 0.1) is 0 Å². The van der Waals surface area contributed by atoms with Crippen LogP contribution in [0.2, 0.25) is 0 Å². The summed E-state index contributed by atoms with van der Waals surface area (Å²) in [7, 11) is 0. The lowest BCUT2D eigenvalue weighted by molar-refractivity contribution is -0.0148. The highest BCUT2D eigenvalue weighted by Crippen LogP contribution is 2.36. The van der Waals surface area contributed by atoms with Crippen molar-refractivity contribution >= 4 is 16.8 Å². The molecule has 4 rings (SSSR count). The maximum absolute atomic E-state index is 13.9. The fourth-order valence-corrected chi connectivity index (χ4v) is 4.01. The predicted molar refractivity (Wildman–Crippen MR) is 94.5 cm³/mol. The summed E-state index contributed by atoms with van der Waals surface area (Å²) < 4.78 is 33.1. The standard InChI is InChI=1S/C19H23F2N3O2/c1-2-26-11-13-7-19(20,21)12-24(13)14-9-23(10-14)18(25)16-8-22-17-6-4-3-5-15(16)17/h3-6,8,13-14,22H,2,7,9-12H2,1H3/t13-/m0/s1. The summed E-state index contributed by atoms with van der Waals surface area (Å²) in [6.45, 7) is 3.42. The number of benzene rings is 1. The number of likely N-dealkylation sites (tertiary alicyclic amines) is 2. The molecule has 0 aliphatic carbocycles. The molecule has 0 radical (unpaired) electrons. The van der Waals surface area contributed by atoms with Crippen LogP contribution in [0.4, 0.5) is 8.78 Å². The summed E-state index contributed by atoms with van der Waals surface area (Å²) in [5, 5.41) is 0.892. The lowest BCUT2D eigenvalue weighted by Gasteiger charge is -2.45. The first-order chi connectivity index (χ1) is 12.5. The van der Waals surface area contributed by atoms with Crippen molar-refractivity contribution in [3.63, 3.8) is 0 Å². The van der Waals surface area contributed by atoms with E-state index in [1.807, 2.05) is 36.1 Å². The van der Waals surface area contributed by atoms with Gasteiger partial charge in [-0.25, -0.2) is 8.78 Å². The molecular formula is C19H23F2N3O2. The first kappa shape index (κ1) is 17.4. The van der Waals surface area contributed by atoms with Crippen molar-refractivity contribution < 1.29 is 18.3 Å². The fraction of sp³-hybridized carbons (Fsp3) is 0.526. The van der Waals surface area contributed by atoms with Gasteiger partial charge in [-0.1, -0.05) is 18.2 Å². The number of nitrogens with one attached hydrogen (secondary N) is 1. The van der Waals surface area contributed by atoms with Crippen LogP contribution in [0.15, 0.2) is 30.5 Å². The average molecular weight is 363 g/mol. The van der Waals surface area contributed by atoms with Crippen molar-refractivity contribution in [2.45, 2.75) is 31.4 Å². The molecule has 1 aromatic heterocycles. The van der Waals surface area contributed by atoms with Crippen LogP contribution >= 0.6 is 0 Å². The maximum Gasteiger partial charge on any atom is 0.262 e. The number of ether oxygens (including phenoxy) is 1. The Labute approximate surface area is 150 Å². The molecule has 140 valence electrons. The largest absolute Gasteiger partial charge is 0.380 e. The maximum atomic E-state index is 13.9. The van der Waals surface area contributed by atoms with Crippen molar-refractivity contribution in [3.8, 4) is 0 Å². The Bertz CT molecular complexity index is 801. The van der Waals surface area contributed by atoms with Crippen LogP contribution < -0.4 is 0 Å². The zero-order valence-electron chi connectivity index (χ0n) is 14.8. The van der Waals surface area contributed by atoms with Gasteiger partial charge < -0.3 is 14.6 Å². The van der Waals surface area contributed by atoms with Gasteiger partial charge in [0.15, 0.2) is 0 Å². The second-order valence-electron chi connectivity index (χ2n) is 7.16. The third-order valence-electron chi connectivity index (χ3n) is 5.37. The van der Waals surface area contributed by atoms with E-state index in [2.05, 4.69) is 4.98 Å². The van der Waals surface area contributed by atoms with Crippen molar-refractivity contribution in [1.29, 1.82) is 0 Å². The number of hydrogen-bond acceptors (Lipinski definition) is 3. The number of amides is 1. The summed E-state index contributed by atoms with van der Waals surface area (Å²) >= 11 is 0. The summed E-state index contributed by atoms with van der Waals surface area (Å²) in [5.74, 6) is -2.73. The SMILES string of the molecule is CCOC[C@@H]1CC(F)(F)CN1C1CN(C(=O)c2c[nH]c3ccccc23)C1. The smallest absolute Gasteiger partial charge is 0.262 e. The number of rotatable bonds is 5. The number of carbonyl (C=O) groups is 1. The van der Waals surface area contributed by atoms with E-state index in [0.29, 0.717) is 31.9 Å². The van der Waals surface area contributed by atoms with Crippen molar-refractivity contribution in [1.82, 2.24) is 14.8 Å². The van der Waals surface area contributed by atoms with Gasteiger partial charge in [0.25, 0.3) is 11.8 Å². The number of para-hydroxylation sites is 1. The molecule has 0 unspecified atom stereocenters. The fourth-order valence-electron chi connectivity index (χ4n) is 4.01. The van der Waals surface area contributed by atoms with Gasteiger partial charge in [0.1, 0.15) is 0 Å². The summed E-state index contributed by atoms with van der Waals surface area (Å²) in [6.07, 6.45) is 1.56. The normalized spacial score (nSPS) is 23.5. The first-order valence-electron chi connectivity index (χ1n) is 9.05. The quantitative estimate of drug-likeness (QED) is 0.889. The molecule has 1 aromatic carbocycles.